The molecule has 6 nitrogen and oxygen atoms in total. The Balaban J connectivity index is 1.45. The molecule has 1 fully saturated rings. The minimum Gasteiger partial charge on any atom is -0.376 e. The molecule has 2 aliphatic rings. The van der Waals surface area contributed by atoms with Crippen molar-refractivity contribution in [3.8, 4) is 0 Å². The number of hydrogen-bond acceptors (Lipinski definition) is 5. The summed E-state index contributed by atoms with van der Waals surface area (Å²) in [4.78, 5) is 29.2. The molecule has 4 rings (SSSR count). The van der Waals surface area contributed by atoms with Gasteiger partial charge in [0, 0.05) is 23.6 Å². The Morgan fingerprint density at radius 1 is 1.38 bits per heavy atom. The molecule has 29 heavy (non-hydrogen) atoms. The molecular formula is C21H24FN3O3S. The molecule has 0 radical (unpaired) electrons. The maximum Gasteiger partial charge on any atom is 0.348 e. The van der Waals surface area contributed by atoms with Crippen LogP contribution in [0.2, 0.25) is 0 Å². The number of aromatic nitrogens is 2. The number of carbonyl (C=O) groups is 1. The number of amides is 1. The summed E-state index contributed by atoms with van der Waals surface area (Å²) in [6.45, 7) is 2.98. The van der Waals surface area contributed by atoms with E-state index in [4.69, 9.17) is 4.74 Å². The maximum atomic E-state index is 13.6. The fourth-order valence-electron chi connectivity index (χ4n) is 3.89. The predicted octanol–water partition coefficient (Wildman–Crippen LogP) is 3.09. The third kappa shape index (κ3) is 4.53. The zero-order valence-electron chi connectivity index (χ0n) is 16.4. The molecule has 1 saturated heterocycles. The number of aryl methyl sites for hydroxylation is 1. The van der Waals surface area contributed by atoms with Crippen LogP contribution in [-0.2, 0) is 28.9 Å². The van der Waals surface area contributed by atoms with Gasteiger partial charge in [0.1, 0.15) is 10.8 Å². The Labute approximate surface area is 172 Å². The van der Waals surface area contributed by atoms with Crippen molar-refractivity contribution in [2.75, 3.05) is 17.7 Å². The van der Waals surface area contributed by atoms with E-state index in [-0.39, 0.29) is 29.3 Å². The van der Waals surface area contributed by atoms with Crippen LogP contribution in [0.25, 0.3) is 0 Å². The van der Waals surface area contributed by atoms with Crippen LogP contribution in [0.1, 0.15) is 36.1 Å². The lowest BCUT2D eigenvalue weighted by Crippen LogP contribution is -2.31. The molecule has 1 aromatic carbocycles. The van der Waals surface area contributed by atoms with E-state index in [2.05, 4.69) is 10.3 Å². The van der Waals surface area contributed by atoms with Gasteiger partial charge in [0.2, 0.25) is 5.91 Å². The summed E-state index contributed by atoms with van der Waals surface area (Å²) in [7, 11) is 0. The maximum absolute atomic E-state index is 13.6. The highest BCUT2D eigenvalue weighted by Gasteiger charge is 2.25. The van der Waals surface area contributed by atoms with Gasteiger partial charge < -0.3 is 10.1 Å². The van der Waals surface area contributed by atoms with Crippen molar-refractivity contribution in [1.82, 2.24) is 9.55 Å². The lowest BCUT2D eigenvalue weighted by molar-refractivity contribution is -0.113. The van der Waals surface area contributed by atoms with E-state index in [0.717, 1.165) is 50.0 Å². The molecule has 2 heterocycles. The molecule has 0 spiro atoms. The van der Waals surface area contributed by atoms with Gasteiger partial charge in [0.25, 0.3) is 0 Å². The van der Waals surface area contributed by atoms with E-state index >= 15 is 0 Å². The predicted molar refractivity (Wildman–Crippen MR) is 110 cm³/mol. The van der Waals surface area contributed by atoms with Crippen molar-refractivity contribution >= 4 is 23.4 Å². The Hall–Kier alpha value is -2.19. The van der Waals surface area contributed by atoms with Crippen LogP contribution >= 0.6 is 11.8 Å². The summed E-state index contributed by atoms with van der Waals surface area (Å²) in [5.74, 6) is -0.496. The van der Waals surface area contributed by atoms with E-state index < -0.39 is 0 Å². The monoisotopic (exact) mass is 417 g/mol. The number of nitrogens with zero attached hydrogens (tertiary/aromatic N) is 2. The third-order valence-corrected chi connectivity index (χ3v) is 6.42. The number of hydrogen-bond donors (Lipinski definition) is 1. The van der Waals surface area contributed by atoms with E-state index in [1.165, 1.54) is 17.8 Å². The quantitative estimate of drug-likeness (QED) is 0.578. The second kappa shape index (κ2) is 8.67. The standard InChI is InChI=1S/C21H24FN3O3S/c1-13-7-8-14(10-17(13)22)23-19(26)12-29-20-16-5-2-6-18(16)25(21(27)24-20)11-15-4-3-9-28-15/h7-8,10,15H,2-6,9,11-12H2,1H3,(H,23,26). The summed E-state index contributed by atoms with van der Waals surface area (Å²) in [5.41, 5.74) is 2.78. The largest absolute Gasteiger partial charge is 0.376 e. The van der Waals surface area contributed by atoms with E-state index in [1.807, 2.05) is 0 Å². The Morgan fingerprint density at radius 3 is 3.00 bits per heavy atom. The first-order valence-corrected chi connectivity index (χ1v) is 10.9. The number of ether oxygens (including phenoxy) is 1. The van der Waals surface area contributed by atoms with Crippen LogP contribution < -0.4 is 11.0 Å². The van der Waals surface area contributed by atoms with Crippen LogP contribution in [0.15, 0.2) is 28.0 Å². The first kappa shape index (κ1) is 20.1. The molecule has 1 aromatic heterocycles. The fourth-order valence-corrected chi connectivity index (χ4v) is 4.76. The number of benzene rings is 1. The highest BCUT2D eigenvalue weighted by molar-refractivity contribution is 8.00. The van der Waals surface area contributed by atoms with Crippen molar-refractivity contribution in [3.63, 3.8) is 0 Å². The second-order valence-electron chi connectivity index (χ2n) is 7.52. The molecule has 1 amide bonds. The number of anilines is 1. The summed E-state index contributed by atoms with van der Waals surface area (Å²) >= 11 is 1.26. The average molecular weight is 418 g/mol. The summed E-state index contributed by atoms with van der Waals surface area (Å²) in [5, 5.41) is 3.33. The van der Waals surface area contributed by atoms with E-state index in [9.17, 15) is 14.0 Å². The second-order valence-corrected chi connectivity index (χ2v) is 8.49. The molecule has 1 unspecified atom stereocenters. The molecule has 2 aromatic rings. The minimum atomic E-state index is -0.357. The number of nitrogens with one attached hydrogen (secondary N) is 1. The van der Waals surface area contributed by atoms with Crippen LogP contribution in [0.4, 0.5) is 10.1 Å². The summed E-state index contributed by atoms with van der Waals surface area (Å²) < 4.78 is 21.1. The fraction of sp³-hybridized carbons (Fsp3) is 0.476. The molecule has 1 atom stereocenters. The smallest absolute Gasteiger partial charge is 0.348 e. The van der Waals surface area contributed by atoms with Gasteiger partial charge in [-0.1, -0.05) is 17.8 Å². The highest BCUT2D eigenvalue weighted by atomic mass is 32.2. The Morgan fingerprint density at radius 2 is 2.24 bits per heavy atom. The van der Waals surface area contributed by atoms with Gasteiger partial charge in [0.15, 0.2) is 0 Å². The van der Waals surface area contributed by atoms with Gasteiger partial charge in [-0.15, -0.1) is 0 Å². The molecule has 1 N–H and O–H groups in total. The van der Waals surface area contributed by atoms with Crippen LogP contribution in [0.5, 0.6) is 0 Å². The first-order chi connectivity index (χ1) is 14.0. The number of thioether (sulfide) groups is 1. The van der Waals surface area contributed by atoms with E-state index in [1.54, 1.807) is 23.6 Å². The van der Waals surface area contributed by atoms with Gasteiger partial charge in [-0.05, 0) is 56.7 Å². The number of rotatable bonds is 6. The van der Waals surface area contributed by atoms with Crippen LogP contribution in [0, 0.1) is 12.7 Å². The molecule has 1 aliphatic heterocycles. The van der Waals surface area contributed by atoms with Gasteiger partial charge in [0.05, 0.1) is 18.4 Å². The number of halogens is 1. The molecule has 8 heteroatoms. The first-order valence-electron chi connectivity index (χ1n) is 9.94. The lowest BCUT2D eigenvalue weighted by Gasteiger charge is -2.17. The third-order valence-electron chi connectivity index (χ3n) is 5.41. The van der Waals surface area contributed by atoms with Crippen LogP contribution in [-0.4, -0.2) is 33.9 Å². The normalized spacial score (nSPS) is 18.1. The number of carbonyl (C=O) groups excluding carboxylic acids is 1. The highest BCUT2D eigenvalue weighted by Crippen LogP contribution is 2.30. The topological polar surface area (TPSA) is 73.2 Å². The average Bonchev–Trinajstić information content (AvgIpc) is 3.37. The van der Waals surface area contributed by atoms with Crippen molar-refractivity contribution in [2.24, 2.45) is 0 Å². The van der Waals surface area contributed by atoms with Crippen LogP contribution in [0.3, 0.4) is 0 Å². The molecule has 0 saturated carbocycles. The SMILES string of the molecule is Cc1ccc(NC(=O)CSc2nc(=O)n(CC3CCCO3)c3c2CCC3)cc1F. The van der Waals surface area contributed by atoms with Crippen molar-refractivity contribution in [3.05, 3.63) is 51.3 Å². The summed E-state index contributed by atoms with van der Waals surface area (Å²) in [6, 6.07) is 4.60. The molecule has 1 aliphatic carbocycles. The lowest BCUT2D eigenvalue weighted by atomic mass is 10.2. The molecular weight excluding hydrogens is 393 g/mol. The van der Waals surface area contributed by atoms with Crippen molar-refractivity contribution in [1.29, 1.82) is 0 Å². The zero-order valence-corrected chi connectivity index (χ0v) is 17.2. The van der Waals surface area contributed by atoms with Gasteiger partial charge >= 0.3 is 5.69 Å². The molecule has 154 valence electrons. The van der Waals surface area contributed by atoms with E-state index in [0.29, 0.717) is 22.8 Å². The number of fused-ring (bicyclic) bond motifs is 1. The van der Waals surface area contributed by atoms with Crippen molar-refractivity contribution < 1.29 is 13.9 Å². The van der Waals surface area contributed by atoms with Crippen molar-refractivity contribution in [2.45, 2.75) is 56.7 Å². The van der Waals surface area contributed by atoms with Gasteiger partial charge in [-0.3, -0.25) is 9.36 Å². The Bertz CT molecular complexity index is 986. The molecule has 0 bridgehead atoms. The zero-order chi connectivity index (χ0) is 20.4. The van der Waals surface area contributed by atoms with Gasteiger partial charge in [-0.2, -0.15) is 4.98 Å². The Kier molecular flexibility index (Phi) is 6.01. The minimum absolute atomic E-state index is 0.0818. The summed E-state index contributed by atoms with van der Waals surface area (Å²) in [6.07, 6.45) is 4.77. The van der Waals surface area contributed by atoms with Gasteiger partial charge in [-0.25, -0.2) is 9.18 Å².